The number of hydrogen-bond donors (Lipinski definition) is 0. The molecule has 74 valence electrons. The van der Waals surface area contributed by atoms with E-state index in [2.05, 4.69) is 6.08 Å². The van der Waals surface area contributed by atoms with Crippen LogP contribution in [-0.4, -0.2) is 0 Å². The van der Waals surface area contributed by atoms with Crippen LogP contribution in [0.4, 0.5) is 4.39 Å². The Morgan fingerprint density at radius 3 is 2.86 bits per heavy atom. The third-order valence-corrected chi connectivity index (χ3v) is 2.80. The molecule has 0 fully saturated rings. The van der Waals surface area contributed by atoms with Crippen LogP contribution in [0.1, 0.15) is 30.4 Å². The van der Waals surface area contributed by atoms with Gasteiger partial charge in [0.2, 0.25) is 0 Å². The van der Waals surface area contributed by atoms with Crippen molar-refractivity contribution in [2.75, 3.05) is 0 Å². The molecule has 1 aliphatic rings. The lowest BCUT2D eigenvalue weighted by atomic mass is 10.0. The molecule has 0 aliphatic heterocycles. The summed E-state index contributed by atoms with van der Waals surface area (Å²) in [6, 6.07) is 5.55. The van der Waals surface area contributed by atoms with Crippen molar-refractivity contribution in [1.82, 2.24) is 0 Å². The van der Waals surface area contributed by atoms with Gasteiger partial charge in [-0.1, -0.05) is 23.8 Å². The summed E-state index contributed by atoms with van der Waals surface area (Å²) in [6.07, 6.45) is 6.87. The highest BCUT2D eigenvalue weighted by atomic mass is 19.1. The van der Waals surface area contributed by atoms with E-state index in [0.717, 1.165) is 17.5 Å². The monoisotopic (exact) mass is 190 g/mol. The van der Waals surface area contributed by atoms with Gasteiger partial charge in [-0.3, -0.25) is 0 Å². The van der Waals surface area contributed by atoms with Gasteiger partial charge >= 0.3 is 0 Å². The minimum Gasteiger partial charge on any atom is -0.207 e. The van der Waals surface area contributed by atoms with E-state index in [1.807, 2.05) is 12.1 Å². The lowest BCUT2D eigenvalue weighted by molar-refractivity contribution is 0.616. The number of aryl methyl sites for hydroxylation is 1. The molecule has 0 radical (unpaired) electrons. The SMILES string of the molecule is Cc1ccc(CC2=CCCC2)cc1F. The quantitative estimate of drug-likeness (QED) is 0.622. The predicted octanol–water partition coefficient (Wildman–Crippen LogP) is 3.79. The van der Waals surface area contributed by atoms with Crippen LogP contribution in [0.5, 0.6) is 0 Å². The molecule has 0 heterocycles. The van der Waals surface area contributed by atoms with Crippen molar-refractivity contribution in [3.05, 3.63) is 46.8 Å². The molecule has 0 amide bonds. The van der Waals surface area contributed by atoms with Crippen molar-refractivity contribution in [2.24, 2.45) is 0 Å². The van der Waals surface area contributed by atoms with Crippen molar-refractivity contribution in [3.63, 3.8) is 0 Å². The fraction of sp³-hybridized carbons (Fsp3) is 0.385. The number of hydrogen-bond acceptors (Lipinski definition) is 0. The highest BCUT2D eigenvalue weighted by Gasteiger charge is 2.06. The first-order valence-corrected chi connectivity index (χ1v) is 5.18. The highest BCUT2D eigenvalue weighted by molar-refractivity contribution is 5.27. The Balaban J connectivity index is 2.13. The number of rotatable bonds is 2. The minimum absolute atomic E-state index is 0.0823. The first-order chi connectivity index (χ1) is 6.75. The molecule has 0 aromatic heterocycles. The zero-order valence-electron chi connectivity index (χ0n) is 8.52. The van der Waals surface area contributed by atoms with Crippen LogP contribution in [0.2, 0.25) is 0 Å². The Kier molecular flexibility index (Phi) is 2.67. The normalized spacial score (nSPS) is 15.7. The molecule has 2 rings (SSSR count). The third kappa shape index (κ3) is 2.03. The van der Waals surface area contributed by atoms with Gasteiger partial charge < -0.3 is 0 Å². The largest absolute Gasteiger partial charge is 0.207 e. The van der Waals surface area contributed by atoms with Crippen molar-refractivity contribution >= 4 is 0 Å². The average molecular weight is 190 g/mol. The van der Waals surface area contributed by atoms with Crippen LogP contribution in [0.3, 0.4) is 0 Å². The fourth-order valence-corrected chi connectivity index (χ4v) is 1.91. The van der Waals surface area contributed by atoms with Gasteiger partial charge in [-0.15, -0.1) is 0 Å². The summed E-state index contributed by atoms with van der Waals surface area (Å²) >= 11 is 0. The number of halogens is 1. The smallest absolute Gasteiger partial charge is 0.126 e. The standard InChI is InChI=1S/C13H15F/c1-10-6-7-12(9-13(10)14)8-11-4-2-3-5-11/h4,6-7,9H,2-3,5,8H2,1H3. The molecule has 1 aliphatic carbocycles. The summed E-state index contributed by atoms with van der Waals surface area (Å²) in [6.45, 7) is 1.80. The molecule has 0 N–H and O–H groups in total. The second-order valence-corrected chi connectivity index (χ2v) is 4.01. The van der Waals surface area contributed by atoms with Gasteiger partial charge in [-0.2, -0.15) is 0 Å². The van der Waals surface area contributed by atoms with Crippen LogP contribution in [-0.2, 0) is 6.42 Å². The van der Waals surface area contributed by atoms with E-state index in [-0.39, 0.29) is 5.82 Å². The highest BCUT2D eigenvalue weighted by Crippen LogP contribution is 2.22. The third-order valence-electron chi connectivity index (χ3n) is 2.80. The Morgan fingerprint density at radius 1 is 1.36 bits per heavy atom. The fourth-order valence-electron chi connectivity index (χ4n) is 1.91. The lowest BCUT2D eigenvalue weighted by Crippen LogP contribution is -1.90. The molecule has 0 atom stereocenters. The molecule has 14 heavy (non-hydrogen) atoms. The number of allylic oxidation sites excluding steroid dienone is 2. The molecule has 1 aromatic rings. The van der Waals surface area contributed by atoms with Gasteiger partial charge in [-0.05, 0) is 49.8 Å². The van der Waals surface area contributed by atoms with Crippen LogP contribution in [0, 0.1) is 12.7 Å². The molecule has 0 bridgehead atoms. The van der Waals surface area contributed by atoms with Crippen molar-refractivity contribution in [3.8, 4) is 0 Å². The predicted molar refractivity (Wildman–Crippen MR) is 56.8 cm³/mol. The Morgan fingerprint density at radius 2 is 2.21 bits per heavy atom. The summed E-state index contributed by atoms with van der Waals surface area (Å²) in [4.78, 5) is 0. The first-order valence-electron chi connectivity index (χ1n) is 5.18. The molecule has 1 heteroatoms. The average Bonchev–Trinajstić information content (AvgIpc) is 2.64. The maximum atomic E-state index is 13.2. The van der Waals surface area contributed by atoms with E-state index in [9.17, 15) is 4.39 Å². The van der Waals surface area contributed by atoms with Gasteiger partial charge in [0.1, 0.15) is 5.82 Å². The van der Waals surface area contributed by atoms with Crippen molar-refractivity contribution < 1.29 is 4.39 Å². The molecule has 0 nitrogen and oxygen atoms in total. The molecule has 0 unspecified atom stereocenters. The Labute approximate surface area is 84.5 Å². The molecule has 0 saturated heterocycles. The lowest BCUT2D eigenvalue weighted by Gasteiger charge is -2.04. The van der Waals surface area contributed by atoms with Crippen molar-refractivity contribution in [1.29, 1.82) is 0 Å². The van der Waals surface area contributed by atoms with Gasteiger partial charge in [0.15, 0.2) is 0 Å². The van der Waals surface area contributed by atoms with Gasteiger partial charge in [-0.25, -0.2) is 4.39 Å². The summed E-state index contributed by atoms with van der Waals surface area (Å²) < 4.78 is 13.2. The Hall–Kier alpha value is -1.11. The molecule has 0 saturated carbocycles. The van der Waals surface area contributed by atoms with E-state index < -0.39 is 0 Å². The van der Waals surface area contributed by atoms with E-state index in [4.69, 9.17) is 0 Å². The van der Waals surface area contributed by atoms with Crippen LogP contribution >= 0.6 is 0 Å². The summed E-state index contributed by atoms with van der Waals surface area (Å²) in [5.74, 6) is -0.0823. The second-order valence-electron chi connectivity index (χ2n) is 4.01. The summed E-state index contributed by atoms with van der Waals surface area (Å²) in [5.41, 5.74) is 3.30. The minimum atomic E-state index is -0.0823. The van der Waals surface area contributed by atoms with Crippen molar-refractivity contribution in [2.45, 2.75) is 32.6 Å². The van der Waals surface area contributed by atoms with Gasteiger partial charge in [0, 0.05) is 0 Å². The van der Waals surface area contributed by atoms with E-state index in [1.54, 1.807) is 13.0 Å². The van der Waals surface area contributed by atoms with Crippen LogP contribution in [0.15, 0.2) is 29.8 Å². The summed E-state index contributed by atoms with van der Waals surface area (Å²) in [5, 5.41) is 0. The van der Waals surface area contributed by atoms with Crippen LogP contribution in [0.25, 0.3) is 0 Å². The zero-order valence-corrected chi connectivity index (χ0v) is 8.52. The molecular weight excluding hydrogens is 175 g/mol. The maximum absolute atomic E-state index is 13.2. The topological polar surface area (TPSA) is 0 Å². The van der Waals surface area contributed by atoms with Gasteiger partial charge in [0.05, 0.1) is 0 Å². The Bertz CT molecular complexity index is 363. The zero-order chi connectivity index (χ0) is 9.97. The van der Waals surface area contributed by atoms with E-state index >= 15 is 0 Å². The van der Waals surface area contributed by atoms with E-state index in [0.29, 0.717) is 0 Å². The maximum Gasteiger partial charge on any atom is 0.126 e. The van der Waals surface area contributed by atoms with E-state index in [1.165, 1.54) is 24.8 Å². The summed E-state index contributed by atoms with van der Waals surface area (Å²) in [7, 11) is 0. The first kappa shape index (κ1) is 9.45. The molecule has 1 aromatic carbocycles. The van der Waals surface area contributed by atoms with Gasteiger partial charge in [0.25, 0.3) is 0 Å². The second kappa shape index (κ2) is 3.95. The number of benzene rings is 1. The molecule has 0 spiro atoms. The molecular formula is C13H15F. The van der Waals surface area contributed by atoms with Crippen LogP contribution < -0.4 is 0 Å².